The molecule has 0 bridgehead atoms. The van der Waals surface area contributed by atoms with Gasteiger partial charge in [0.2, 0.25) is 12.1 Å². The van der Waals surface area contributed by atoms with Crippen LogP contribution in [-0.4, -0.2) is 131 Å². The minimum atomic E-state index is -1.80. The van der Waals surface area contributed by atoms with E-state index in [0.717, 1.165) is 0 Å². The van der Waals surface area contributed by atoms with Crippen molar-refractivity contribution in [2.75, 3.05) is 13.2 Å². The second kappa shape index (κ2) is 11.5. The van der Waals surface area contributed by atoms with Gasteiger partial charge in [-0.1, -0.05) is 18.2 Å². The van der Waals surface area contributed by atoms with Gasteiger partial charge in [0.1, 0.15) is 60.3 Å². The quantitative estimate of drug-likeness (QED) is 0.160. The Labute approximate surface area is 232 Å². The Balaban J connectivity index is 1.65. The number of ether oxygens (including phenoxy) is 3. The molecule has 0 amide bonds. The molecule has 0 unspecified atom stereocenters. The molecule has 0 radical (unpaired) electrons. The first kappa shape index (κ1) is 29.8. The first-order valence-electron chi connectivity index (χ1n) is 13.0. The van der Waals surface area contributed by atoms with Crippen molar-refractivity contribution in [1.29, 1.82) is 0 Å². The molecule has 0 spiro atoms. The Morgan fingerprint density at radius 2 is 1.37 bits per heavy atom. The van der Waals surface area contributed by atoms with Crippen LogP contribution in [0.1, 0.15) is 38.5 Å². The van der Waals surface area contributed by atoms with Crippen molar-refractivity contribution in [2.24, 2.45) is 0 Å². The van der Waals surface area contributed by atoms with Gasteiger partial charge in [0.15, 0.2) is 0 Å². The Morgan fingerprint density at radius 1 is 0.732 bits per heavy atom. The second-order valence-corrected chi connectivity index (χ2v) is 10.4. The highest BCUT2D eigenvalue weighted by Gasteiger charge is 2.51. The van der Waals surface area contributed by atoms with Crippen molar-refractivity contribution in [1.82, 2.24) is 0 Å². The number of aliphatic hydroxyl groups is 9. The predicted molar refractivity (Wildman–Crippen MR) is 134 cm³/mol. The van der Waals surface area contributed by atoms with Crippen molar-refractivity contribution < 1.29 is 70.1 Å². The fourth-order valence-corrected chi connectivity index (χ4v) is 5.78. The van der Waals surface area contributed by atoms with Crippen LogP contribution in [0.5, 0.6) is 11.5 Å². The zero-order valence-corrected chi connectivity index (χ0v) is 21.5. The lowest BCUT2D eigenvalue weighted by atomic mass is 9.71. The molecule has 10 N–H and O–H groups in total. The molecular formula is C27H32O14. The summed E-state index contributed by atoms with van der Waals surface area (Å²) in [6.07, 6.45) is -16.0. The van der Waals surface area contributed by atoms with Gasteiger partial charge >= 0.3 is 0 Å². The molecule has 2 heterocycles. The third-order valence-corrected chi connectivity index (χ3v) is 7.92. The van der Waals surface area contributed by atoms with E-state index in [0.29, 0.717) is 0 Å². The molecule has 3 aliphatic rings. The van der Waals surface area contributed by atoms with Gasteiger partial charge in [0, 0.05) is 5.92 Å². The highest BCUT2D eigenvalue weighted by atomic mass is 16.7. The van der Waals surface area contributed by atoms with Crippen LogP contribution in [0.2, 0.25) is 0 Å². The Morgan fingerprint density at radius 3 is 2.00 bits per heavy atom. The van der Waals surface area contributed by atoms with Gasteiger partial charge in [-0.15, -0.1) is 0 Å². The molecule has 2 saturated heterocycles. The first-order chi connectivity index (χ1) is 19.5. The lowest BCUT2D eigenvalue weighted by Gasteiger charge is -2.45. The van der Waals surface area contributed by atoms with Crippen LogP contribution in [0.15, 0.2) is 30.3 Å². The summed E-state index contributed by atoms with van der Waals surface area (Å²) < 4.78 is 17.1. The number of carbonyl (C=O) groups is 1. The lowest BCUT2D eigenvalue weighted by molar-refractivity contribution is -0.277. The van der Waals surface area contributed by atoms with E-state index in [1.165, 1.54) is 30.3 Å². The van der Waals surface area contributed by atoms with Crippen LogP contribution >= 0.6 is 0 Å². The smallest absolute Gasteiger partial charge is 0.229 e. The number of hydrogen-bond acceptors (Lipinski definition) is 14. The zero-order valence-electron chi connectivity index (χ0n) is 21.5. The number of hydrogen-bond donors (Lipinski definition) is 10. The largest absolute Gasteiger partial charge is 0.507 e. The molecule has 0 aromatic heterocycles. The van der Waals surface area contributed by atoms with E-state index in [9.17, 15) is 55.9 Å². The molecule has 0 saturated carbocycles. The maximum Gasteiger partial charge on any atom is 0.229 e. The van der Waals surface area contributed by atoms with E-state index in [1.807, 2.05) is 0 Å². The summed E-state index contributed by atoms with van der Waals surface area (Å²) >= 11 is 0. The zero-order chi connectivity index (χ0) is 29.7. The Bertz CT molecular complexity index is 1280. The van der Waals surface area contributed by atoms with E-state index >= 15 is 0 Å². The molecule has 2 aromatic rings. The fourth-order valence-electron chi connectivity index (χ4n) is 5.78. The molecule has 14 heteroatoms. The number of rotatable bonds is 6. The minimum Gasteiger partial charge on any atom is -0.507 e. The summed E-state index contributed by atoms with van der Waals surface area (Å²) in [5, 5.41) is 103. The van der Waals surface area contributed by atoms with Crippen molar-refractivity contribution >= 4 is 5.78 Å². The van der Waals surface area contributed by atoms with Gasteiger partial charge < -0.3 is 65.3 Å². The normalized spacial score (nSPS) is 36.9. The number of aliphatic hydroxyl groups excluding tert-OH is 9. The van der Waals surface area contributed by atoms with E-state index in [2.05, 4.69) is 0 Å². The van der Waals surface area contributed by atoms with E-state index < -0.39 is 98.5 Å². The molecule has 1 aliphatic carbocycles. The summed E-state index contributed by atoms with van der Waals surface area (Å²) in [6.45, 7) is -1.94. The molecule has 2 aliphatic heterocycles. The first-order valence-corrected chi connectivity index (χ1v) is 13.0. The van der Waals surface area contributed by atoms with Crippen LogP contribution < -0.4 is 4.74 Å². The van der Waals surface area contributed by atoms with E-state index in [1.54, 1.807) is 0 Å². The van der Waals surface area contributed by atoms with Crippen LogP contribution in [0.4, 0.5) is 0 Å². The highest BCUT2D eigenvalue weighted by Crippen LogP contribution is 2.48. The molecule has 14 nitrogen and oxygen atoms in total. The summed E-state index contributed by atoms with van der Waals surface area (Å²) in [5.41, 5.74) is 0.123. The number of aromatic hydroxyl groups is 1. The molecule has 5 rings (SSSR count). The van der Waals surface area contributed by atoms with Crippen molar-refractivity contribution in [3.63, 3.8) is 0 Å². The number of ketones is 1. The number of fused-ring (bicyclic) bond motifs is 2. The Kier molecular flexibility index (Phi) is 8.35. The predicted octanol–water partition coefficient (Wildman–Crippen LogP) is -3.42. The van der Waals surface area contributed by atoms with Gasteiger partial charge in [0.25, 0.3) is 0 Å². The van der Waals surface area contributed by atoms with E-state index in [-0.39, 0.29) is 33.6 Å². The number of carbonyl (C=O) groups excluding carboxylic acids is 1. The van der Waals surface area contributed by atoms with Crippen LogP contribution in [0.25, 0.3) is 0 Å². The monoisotopic (exact) mass is 580 g/mol. The second-order valence-electron chi connectivity index (χ2n) is 10.4. The average molecular weight is 581 g/mol. The van der Waals surface area contributed by atoms with E-state index in [4.69, 9.17) is 14.2 Å². The third-order valence-electron chi connectivity index (χ3n) is 7.92. The van der Waals surface area contributed by atoms with Gasteiger partial charge in [-0.05, 0) is 28.8 Å². The number of phenolic OH excluding ortho intramolecular Hbond substituents is 1. The molecular weight excluding hydrogens is 548 g/mol. The summed E-state index contributed by atoms with van der Waals surface area (Å²) in [6, 6.07) is 6.89. The topological polar surface area (TPSA) is 247 Å². The average Bonchev–Trinajstić information content (AvgIpc) is 2.96. The van der Waals surface area contributed by atoms with Gasteiger partial charge in [-0.3, -0.25) is 4.79 Å². The number of benzene rings is 2. The maximum absolute atomic E-state index is 13.9. The number of phenols is 1. The highest BCUT2D eigenvalue weighted by molar-refractivity contribution is 6.16. The summed E-state index contributed by atoms with van der Waals surface area (Å²) in [5.74, 6) is -2.58. The molecule has 41 heavy (non-hydrogen) atoms. The third kappa shape index (κ3) is 4.90. The van der Waals surface area contributed by atoms with Gasteiger partial charge in [-0.2, -0.15) is 0 Å². The van der Waals surface area contributed by atoms with Crippen LogP contribution in [-0.2, 0) is 16.1 Å². The molecule has 11 atom stereocenters. The van der Waals surface area contributed by atoms with Crippen molar-refractivity contribution in [3.05, 3.63) is 58.1 Å². The fraction of sp³-hybridized carbons (Fsp3) is 0.519. The molecule has 224 valence electrons. The van der Waals surface area contributed by atoms with Crippen molar-refractivity contribution in [2.45, 2.75) is 73.8 Å². The SMILES string of the molecule is O=C1c2c(O)cc(CO)cc2[C@H]([C@@H]2O[C@H](CO)[C@H](O)[C@@H](O)[C@@H]2O)c2cccc(O[C@@H]3O[C@H](CO)[C@H](O)[C@H](O)[C@H]3O)c21. The van der Waals surface area contributed by atoms with Crippen molar-refractivity contribution in [3.8, 4) is 11.5 Å². The molecule has 2 aromatic carbocycles. The Hall–Kier alpha value is -2.73. The summed E-state index contributed by atoms with van der Waals surface area (Å²) in [4.78, 5) is 13.9. The van der Waals surface area contributed by atoms with Gasteiger partial charge in [-0.25, -0.2) is 0 Å². The minimum absolute atomic E-state index is 0.126. The maximum atomic E-state index is 13.9. The standard InChI is InChI=1S/C27H32O14/c28-6-9-4-11-16(26-24(37)22(35)19(32)14(7-29)39-26)10-2-1-3-13(18(10)21(34)17(11)12(31)5-9)40-27-25(38)23(36)20(33)15(8-30)41-27/h1-5,14-16,19-20,22-33,35-38H,6-8H2/t14-,15-,16-,19+,20+,22-,23+,24+,25-,26+,27-/m1/s1. The molecule has 2 fully saturated rings. The van der Waals surface area contributed by atoms with Gasteiger partial charge in [0.05, 0.1) is 37.1 Å². The summed E-state index contributed by atoms with van der Waals surface area (Å²) in [7, 11) is 0. The lowest BCUT2D eigenvalue weighted by Crippen LogP contribution is -2.60. The van der Waals surface area contributed by atoms with Crippen LogP contribution in [0.3, 0.4) is 0 Å². The van der Waals surface area contributed by atoms with Crippen LogP contribution in [0, 0.1) is 0 Å².